The Hall–Kier alpha value is -1.36. The van der Waals surface area contributed by atoms with E-state index in [-0.39, 0.29) is 0 Å². The van der Waals surface area contributed by atoms with Gasteiger partial charge in [-0.15, -0.1) is 0 Å². The van der Waals surface area contributed by atoms with Gasteiger partial charge in [0.2, 0.25) is 0 Å². The van der Waals surface area contributed by atoms with Crippen LogP contribution in [0.5, 0.6) is 5.75 Å². The lowest BCUT2D eigenvalue weighted by molar-refractivity contribution is 0.415. The predicted molar refractivity (Wildman–Crippen MR) is 92.0 cm³/mol. The summed E-state index contributed by atoms with van der Waals surface area (Å²) >= 11 is 13.3. The third-order valence-electron chi connectivity index (χ3n) is 2.68. The van der Waals surface area contributed by atoms with Gasteiger partial charge in [0.05, 0.1) is 22.8 Å². The topological polar surface area (TPSA) is 47.6 Å². The standard InChI is InChI=1S/C15H14Cl2N2OS/c1-20-12-5-3-11(4-6-12)19-15(18)21-9-10-2-7-13(16)14(17)8-10/h2-8H,9H2,1H3,(H2,18,19). The average Bonchev–Trinajstić information content (AvgIpc) is 2.49. The second-order valence-electron chi connectivity index (χ2n) is 4.19. The second kappa shape index (κ2) is 7.59. The maximum absolute atomic E-state index is 5.97. The van der Waals surface area contributed by atoms with Gasteiger partial charge in [-0.3, -0.25) is 0 Å². The van der Waals surface area contributed by atoms with Crippen molar-refractivity contribution in [3.63, 3.8) is 0 Å². The van der Waals surface area contributed by atoms with Crippen molar-refractivity contribution in [3.8, 4) is 5.75 Å². The Kier molecular flexibility index (Phi) is 5.79. The van der Waals surface area contributed by atoms with E-state index in [9.17, 15) is 0 Å². The number of methoxy groups -OCH3 is 1. The van der Waals surface area contributed by atoms with Crippen LogP contribution < -0.4 is 10.5 Å². The van der Waals surface area contributed by atoms with E-state index in [1.165, 1.54) is 11.8 Å². The largest absolute Gasteiger partial charge is 0.497 e. The maximum atomic E-state index is 5.97. The van der Waals surface area contributed by atoms with Gasteiger partial charge in [-0.05, 0) is 42.0 Å². The molecule has 0 fully saturated rings. The number of thioether (sulfide) groups is 1. The summed E-state index contributed by atoms with van der Waals surface area (Å²) < 4.78 is 5.09. The number of hydrogen-bond donors (Lipinski definition) is 1. The third-order valence-corrected chi connectivity index (χ3v) is 4.29. The highest BCUT2D eigenvalue weighted by atomic mass is 35.5. The number of hydrogen-bond acceptors (Lipinski definition) is 3. The molecule has 0 amide bonds. The van der Waals surface area contributed by atoms with Gasteiger partial charge >= 0.3 is 0 Å². The fourth-order valence-corrected chi connectivity index (χ4v) is 2.59. The highest BCUT2D eigenvalue weighted by Crippen LogP contribution is 2.25. The third kappa shape index (κ3) is 4.84. The number of aliphatic imine (C=N–C) groups is 1. The van der Waals surface area contributed by atoms with Gasteiger partial charge in [-0.1, -0.05) is 41.0 Å². The summed E-state index contributed by atoms with van der Waals surface area (Å²) in [6, 6.07) is 12.9. The zero-order valence-corrected chi connectivity index (χ0v) is 13.7. The number of ether oxygens (including phenoxy) is 1. The molecule has 21 heavy (non-hydrogen) atoms. The van der Waals surface area contributed by atoms with Crippen LogP contribution in [0.2, 0.25) is 10.0 Å². The van der Waals surface area contributed by atoms with Crippen LogP contribution in [-0.4, -0.2) is 12.3 Å². The number of nitrogens with two attached hydrogens (primary N) is 1. The van der Waals surface area contributed by atoms with E-state index in [0.717, 1.165) is 17.0 Å². The zero-order valence-electron chi connectivity index (χ0n) is 11.3. The van der Waals surface area contributed by atoms with Gasteiger partial charge in [0.1, 0.15) is 5.75 Å². The van der Waals surface area contributed by atoms with Gasteiger partial charge in [0.15, 0.2) is 5.17 Å². The van der Waals surface area contributed by atoms with Gasteiger partial charge in [0.25, 0.3) is 0 Å². The van der Waals surface area contributed by atoms with E-state index in [4.69, 9.17) is 33.7 Å². The van der Waals surface area contributed by atoms with Crippen molar-refractivity contribution in [1.29, 1.82) is 0 Å². The van der Waals surface area contributed by atoms with E-state index in [2.05, 4.69) is 4.99 Å². The van der Waals surface area contributed by atoms with Gasteiger partial charge in [0, 0.05) is 5.75 Å². The normalized spacial score (nSPS) is 11.5. The highest BCUT2D eigenvalue weighted by Gasteiger charge is 2.02. The molecule has 0 atom stereocenters. The molecule has 0 spiro atoms. The molecule has 0 aliphatic carbocycles. The fraction of sp³-hybridized carbons (Fsp3) is 0.133. The lowest BCUT2D eigenvalue weighted by Crippen LogP contribution is -2.06. The monoisotopic (exact) mass is 340 g/mol. The van der Waals surface area contributed by atoms with Crippen LogP contribution in [0.3, 0.4) is 0 Å². The minimum absolute atomic E-state index is 0.492. The molecule has 6 heteroatoms. The molecule has 0 saturated carbocycles. The Morgan fingerprint density at radius 3 is 2.48 bits per heavy atom. The zero-order chi connectivity index (χ0) is 15.2. The number of rotatable bonds is 4. The molecular weight excluding hydrogens is 327 g/mol. The van der Waals surface area contributed by atoms with Crippen molar-refractivity contribution in [1.82, 2.24) is 0 Å². The molecule has 0 radical (unpaired) electrons. The Labute approximate surface area is 138 Å². The van der Waals surface area contributed by atoms with Crippen LogP contribution >= 0.6 is 35.0 Å². The summed E-state index contributed by atoms with van der Waals surface area (Å²) in [5, 5.41) is 1.58. The predicted octanol–water partition coefficient (Wildman–Crippen LogP) is 4.88. The van der Waals surface area contributed by atoms with Gasteiger partial charge < -0.3 is 10.5 Å². The van der Waals surface area contributed by atoms with Crippen LogP contribution in [0.15, 0.2) is 47.5 Å². The summed E-state index contributed by atoms with van der Waals surface area (Å²) in [5.41, 5.74) is 7.75. The van der Waals surface area contributed by atoms with E-state index in [1.54, 1.807) is 13.2 Å². The van der Waals surface area contributed by atoms with Crippen molar-refractivity contribution in [3.05, 3.63) is 58.1 Å². The first-order valence-electron chi connectivity index (χ1n) is 6.13. The van der Waals surface area contributed by atoms with Crippen LogP contribution in [0.25, 0.3) is 0 Å². The molecule has 0 aromatic heterocycles. The first kappa shape index (κ1) is 16.0. The number of halogens is 2. The summed E-state index contributed by atoms with van der Waals surface area (Å²) in [6.45, 7) is 0. The van der Waals surface area contributed by atoms with Crippen molar-refractivity contribution >= 4 is 45.8 Å². The average molecular weight is 341 g/mol. The van der Waals surface area contributed by atoms with Crippen LogP contribution in [-0.2, 0) is 5.75 Å². The quantitative estimate of drug-likeness (QED) is 0.637. The molecule has 0 aliphatic heterocycles. The Morgan fingerprint density at radius 2 is 1.86 bits per heavy atom. The lowest BCUT2D eigenvalue weighted by atomic mass is 10.2. The Morgan fingerprint density at radius 1 is 1.14 bits per heavy atom. The second-order valence-corrected chi connectivity index (χ2v) is 6.00. The number of amidine groups is 1. The lowest BCUT2D eigenvalue weighted by Gasteiger charge is -2.04. The smallest absolute Gasteiger partial charge is 0.159 e. The minimum Gasteiger partial charge on any atom is -0.497 e. The Bertz CT molecular complexity index is 645. The summed E-state index contributed by atoms with van der Waals surface area (Å²) in [7, 11) is 1.62. The van der Waals surface area contributed by atoms with Crippen molar-refractivity contribution in [2.75, 3.05) is 7.11 Å². The van der Waals surface area contributed by atoms with E-state index < -0.39 is 0 Å². The molecule has 0 bridgehead atoms. The molecular formula is C15H14Cl2N2OS. The minimum atomic E-state index is 0.492. The highest BCUT2D eigenvalue weighted by molar-refractivity contribution is 8.13. The van der Waals surface area contributed by atoms with Gasteiger partial charge in [-0.2, -0.15) is 0 Å². The molecule has 2 N–H and O–H groups in total. The van der Waals surface area contributed by atoms with Crippen LogP contribution in [0.4, 0.5) is 5.69 Å². The first-order chi connectivity index (χ1) is 10.1. The Balaban J connectivity index is 1.98. The van der Waals surface area contributed by atoms with Crippen molar-refractivity contribution in [2.24, 2.45) is 10.7 Å². The molecule has 2 rings (SSSR count). The maximum Gasteiger partial charge on any atom is 0.159 e. The van der Waals surface area contributed by atoms with E-state index in [1.807, 2.05) is 36.4 Å². The molecule has 2 aromatic rings. The molecule has 0 saturated heterocycles. The molecule has 110 valence electrons. The van der Waals surface area contributed by atoms with Crippen molar-refractivity contribution < 1.29 is 4.74 Å². The summed E-state index contributed by atoms with van der Waals surface area (Å²) in [6.07, 6.45) is 0. The van der Waals surface area contributed by atoms with Crippen LogP contribution in [0, 0.1) is 0 Å². The molecule has 0 aliphatic rings. The van der Waals surface area contributed by atoms with E-state index >= 15 is 0 Å². The molecule has 0 heterocycles. The van der Waals surface area contributed by atoms with E-state index in [0.29, 0.717) is 21.0 Å². The SMILES string of the molecule is COc1ccc(N=C(N)SCc2ccc(Cl)c(Cl)c2)cc1. The number of benzene rings is 2. The molecule has 2 aromatic carbocycles. The number of nitrogens with zero attached hydrogens (tertiary/aromatic N) is 1. The molecule has 3 nitrogen and oxygen atoms in total. The van der Waals surface area contributed by atoms with Crippen molar-refractivity contribution in [2.45, 2.75) is 5.75 Å². The van der Waals surface area contributed by atoms with Gasteiger partial charge in [-0.25, -0.2) is 4.99 Å². The summed E-state index contributed by atoms with van der Waals surface area (Å²) in [5.74, 6) is 1.47. The molecule has 0 unspecified atom stereocenters. The summed E-state index contributed by atoms with van der Waals surface area (Å²) in [4.78, 5) is 4.33. The van der Waals surface area contributed by atoms with Crippen LogP contribution in [0.1, 0.15) is 5.56 Å². The first-order valence-corrected chi connectivity index (χ1v) is 7.87. The fourth-order valence-electron chi connectivity index (χ4n) is 1.60.